The fourth-order valence-corrected chi connectivity index (χ4v) is 6.10. The van der Waals surface area contributed by atoms with E-state index in [0.29, 0.717) is 15.1 Å². The molecule has 2 aliphatic rings. The van der Waals surface area contributed by atoms with Crippen LogP contribution in [-0.2, 0) is 4.79 Å². The molecule has 0 spiro atoms. The summed E-state index contributed by atoms with van der Waals surface area (Å²) in [6.07, 6.45) is 7.47. The Bertz CT molecular complexity index is 1180. The summed E-state index contributed by atoms with van der Waals surface area (Å²) in [5.41, 5.74) is 2.89. The maximum atomic E-state index is 13.4. The van der Waals surface area contributed by atoms with Crippen molar-refractivity contribution in [1.82, 2.24) is 9.88 Å². The molecule has 1 amide bonds. The van der Waals surface area contributed by atoms with Crippen LogP contribution in [0.25, 0.3) is 17.3 Å². The largest absolute Gasteiger partial charge is 0.283 e. The minimum Gasteiger partial charge on any atom is -0.283 e. The lowest BCUT2D eigenvalue weighted by Crippen LogP contribution is -2.40. The number of thiazole rings is 1. The average Bonchev–Trinajstić information content (AvgIpc) is 3.40. The SMILES string of the molecule is O=C1/C(=C/c2cccc(Cl)c2)S/C(=N/c2nc(-c3ccccc3)cs2)N1C1CCCCC1. The summed E-state index contributed by atoms with van der Waals surface area (Å²) in [5.74, 6) is 0.0282. The van der Waals surface area contributed by atoms with E-state index in [1.54, 1.807) is 0 Å². The number of carbonyl (C=O) groups is 1. The van der Waals surface area contributed by atoms with E-state index in [1.807, 2.05) is 71.0 Å². The first-order chi connectivity index (χ1) is 15.7. The first kappa shape index (κ1) is 21.4. The smallest absolute Gasteiger partial charge is 0.267 e. The summed E-state index contributed by atoms with van der Waals surface area (Å²) in [6, 6.07) is 17.8. The number of halogens is 1. The predicted octanol–water partition coefficient (Wildman–Crippen LogP) is 7.40. The number of amides is 1. The third-order valence-corrected chi connectivity index (χ3v) is 7.63. The Morgan fingerprint density at radius 3 is 2.66 bits per heavy atom. The van der Waals surface area contributed by atoms with Crippen LogP contribution in [0.4, 0.5) is 5.13 Å². The molecule has 0 radical (unpaired) electrons. The molecule has 2 heterocycles. The van der Waals surface area contributed by atoms with Crippen LogP contribution < -0.4 is 0 Å². The highest BCUT2D eigenvalue weighted by Gasteiger charge is 2.38. The fraction of sp³-hybridized carbons (Fsp3) is 0.240. The van der Waals surface area contributed by atoms with Gasteiger partial charge in [-0.2, -0.15) is 4.99 Å². The van der Waals surface area contributed by atoms with Crippen molar-refractivity contribution in [2.24, 2.45) is 4.99 Å². The zero-order valence-electron chi connectivity index (χ0n) is 17.4. The van der Waals surface area contributed by atoms with Crippen molar-refractivity contribution >= 4 is 57.0 Å². The molecule has 3 aromatic rings. The number of rotatable bonds is 4. The van der Waals surface area contributed by atoms with Crippen LogP contribution in [0.15, 0.2) is 69.9 Å². The number of thioether (sulfide) groups is 1. The standard InChI is InChI=1S/C25H22ClN3OS2/c26-19-11-7-8-17(14-19)15-22-23(30)29(20-12-5-2-6-13-20)25(32-22)28-24-27-21(16-31-24)18-9-3-1-4-10-18/h1,3-4,7-11,14-16,20H,2,5-6,12-13H2/b22-15-,28-25+. The molecular weight excluding hydrogens is 458 g/mol. The molecule has 5 rings (SSSR count). The third kappa shape index (κ3) is 4.68. The number of aromatic nitrogens is 1. The van der Waals surface area contributed by atoms with Gasteiger partial charge in [-0.05, 0) is 48.4 Å². The molecule has 0 unspecified atom stereocenters. The van der Waals surface area contributed by atoms with Crippen LogP contribution in [0.5, 0.6) is 0 Å². The second-order valence-corrected chi connectivity index (χ2v) is 10.2. The van der Waals surface area contributed by atoms with Gasteiger partial charge in [0.05, 0.1) is 10.6 Å². The maximum Gasteiger partial charge on any atom is 0.267 e. The molecule has 1 saturated heterocycles. The number of amidine groups is 1. The minimum atomic E-state index is 0.0282. The van der Waals surface area contributed by atoms with Crippen molar-refractivity contribution in [2.75, 3.05) is 0 Å². The zero-order chi connectivity index (χ0) is 21.9. The van der Waals surface area contributed by atoms with Gasteiger partial charge >= 0.3 is 0 Å². The summed E-state index contributed by atoms with van der Waals surface area (Å²) < 4.78 is 0. The highest BCUT2D eigenvalue weighted by molar-refractivity contribution is 8.18. The van der Waals surface area contributed by atoms with Gasteiger partial charge in [0.2, 0.25) is 5.13 Å². The van der Waals surface area contributed by atoms with Crippen molar-refractivity contribution in [3.05, 3.63) is 75.5 Å². The van der Waals surface area contributed by atoms with Crippen LogP contribution in [0.1, 0.15) is 37.7 Å². The molecule has 1 aromatic heterocycles. The quantitative estimate of drug-likeness (QED) is 0.366. The first-order valence-corrected chi connectivity index (χ1v) is 12.8. The van der Waals surface area contributed by atoms with Gasteiger partial charge in [-0.25, -0.2) is 4.98 Å². The third-order valence-electron chi connectivity index (χ3n) is 5.68. The molecule has 0 atom stereocenters. The lowest BCUT2D eigenvalue weighted by Gasteiger charge is -2.30. The van der Waals surface area contributed by atoms with Gasteiger partial charge < -0.3 is 0 Å². The van der Waals surface area contributed by atoms with Crippen molar-refractivity contribution < 1.29 is 4.79 Å². The van der Waals surface area contributed by atoms with Crippen LogP contribution in [0.3, 0.4) is 0 Å². The average molecular weight is 480 g/mol. The Morgan fingerprint density at radius 2 is 1.88 bits per heavy atom. The van der Waals surface area contributed by atoms with E-state index in [0.717, 1.165) is 47.7 Å². The summed E-state index contributed by atoms with van der Waals surface area (Å²) in [5, 5.41) is 4.07. The number of aliphatic imine (C=N–C) groups is 1. The number of carbonyl (C=O) groups excluding carboxylic acids is 1. The lowest BCUT2D eigenvalue weighted by atomic mass is 9.94. The van der Waals surface area contributed by atoms with Crippen molar-refractivity contribution in [3.8, 4) is 11.3 Å². The number of nitrogens with zero attached hydrogens (tertiary/aromatic N) is 3. The maximum absolute atomic E-state index is 13.4. The van der Waals surface area contributed by atoms with Gasteiger partial charge in [0.15, 0.2) is 5.17 Å². The van der Waals surface area contributed by atoms with E-state index in [1.165, 1.54) is 29.5 Å². The predicted molar refractivity (Wildman–Crippen MR) is 135 cm³/mol. The zero-order valence-corrected chi connectivity index (χ0v) is 19.8. The molecule has 162 valence electrons. The minimum absolute atomic E-state index is 0.0282. The van der Waals surface area contributed by atoms with Crippen molar-refractivity contribution in [1.29, 1.82) is 0 Å². The van der Waals surface area contributed by atoms with Gasteiger partial charge in [-0.15, -0.1) is 11.3 Å². The molecule has 1 aliphatic carbocycles. The highest BCUT2D eigenvalue weighted by Crippen LogP contribution is 2.39. The van der Waals surface area contributed by atoms with Gasteiger partial charge in [0, 0.05) is 22.0 Å². The second-order valence-electron chi connectivity index (χ2n) is 7.91. The van der Waals surface area contributed by atoms with E-state index >= 15 is 0 Å². The Kier molecular flexibility index (Phi) is 6.44. The molecular formula is C25H22ClN3OS2. The van der Waals surface area contributed by atoms with E-state index in [-0.39, 0.29) is 11.9 Å². The Balaban J connectivity index is 1.48. The molecule has 2 aromatic carbocycles. The molecule has 0 bridgehead atoms. The number of hydrogen-bond donors (Lipinski definition) is 0. The molecule has 7 heteroatoms. The number of hydrogen-bond acceptors (Lipinski definition) is 5. The normalized spacial score (nSPS) is 19.9. The van der Waals surface area contributed by atoms with E-state index in [2.05, 4.69) is 0 Å². The Labute approximate surface area is 201 Å². The summed E-state index contributed by atoms with van der Waals surface area (Å²) in [6.45, 7) is 0. The summed E-state index contributed by atoms with van der Waals surface area (Å²) >= 11 is 9.08. The van der Waals surface area contributed by atoms with Crippen LogP contribution in [0, 0.1) is 0 Å². The summed E-state index contributed by atoms with van der Waals surface area (Å²) in [7, 11) is 0. The van der Waals surface area contributed by atoms with Crippen LogP contribution in [0.2, 0.25) is 5.02 Å². The molecule has 4 nitrogen and oxygen atoms in total. The van der Waals surface area contributed by atoms with Crippen molar-refractivity contribution in [2.45, 2.75) is 38.1 Å². The number of benzene rings is 2. The van der Waals surface area contributed by atoms with Crippen molar-refractivity contribution in [3.63, 3.8) is 0 Å². The second kappa shape index (κ2) is 9.61. The Morgan fingerprint density at radius 1 is 1.06 bits per heavy atom. The van der Waals surface area contributed by atoms with Gasteiger partial charge in [0.1, 0.15) is 0 Å². The first-order valence-electron chi connectivity index (χ1n) is 10.8. The van der Waals surface area contributed by atoms with Gasteiger partial charge in [-0.1, -0.05) is 73.3 Å². The highest BCUT2D eigenvalue weighted by atomic mass is 35.5. The van der Waals surface area contributed by atoms with Gasteiger partial charge in [-0.3, -0.25) is 9.69 Å². The fourth-order valence-electron chi connectivity index (χ4n) is 4.11. The van der Waals surface area contributed by atoms with Crippen LogP contribution >= 0.6 is 34.7 Å². The van der Waals surface area contributed by atoms with E-state index < -0.39 is 0 Å². The molecule has 32 heavy (non-hydrogen) atoms. The topological polar surface area (TPSA) is 45.6 Å². The van der Waals surface area contributed by atoms with E-state index in [4.69, 9.17) is 21.6 Å². The summed E-state index contributed by atoms with van der Waals surface area (Å²) in [4.78, 5) is 25.6. The Hall–Kier alpha value is -2.41. The molecule has 1 aliphatic heterocycles. The monoisotopic (exact) mass is 479 g/mol. The van der Waals surface area contributed by atoms with E-state index in [9.17, 15) is 4.79 Å². The lowest BCUT2D eigenvalue weighted by molar-refractivity contribution is -0.124. The molecule has 2 fully saturated rings. The van der Waals surface area contributed by atoms with Crippen LogP contribution in [-0.4, -0.2) is 27.0 Å². The molecule has 1 saturated carbocycles. The van der Waals surface area contributed by atoms with Gasteiger partial charge in [0.25, 0.3) is 5.91 Å². The molecule has 0 N–H and O–H groups in total.